The minimum atomic E-state index is -2.41. The van der Waals surface area contributed by atoms with Gasteiger partial charge in [-0.25, -0.2) is 8.78 Å². The monoisotopic (exact) mass is 150 g/mol. The summed E-state index contributed by atoms with van der Waals surface area (Å²) in [5, 5.41) is 8.54. The summed E-state index contributed by atoms with van der Waals surface area (Å²) < 4.78 is 24.4. The Kier molecular flexibility index (Phi) is 1.95. The van der Waals surface area contributed by atoms with Crippen LogP contribution in [0.25, 0.3) is 0 Å². The fourth-order valence-electron chi connectivity index (χ4n) is 1.09. The van der Waals surface area contributed by atoms with Crippen molar-refractivity contribution in [3.63, 3.8) is 0 Å². The first-order chi connectivity index (χ1) is 4.56. The van der Waals surface area contributed by atoms with E-state index >= 15 is 0 Å². The molecule has 0 amide bonds. The molecular weight excluding hydrogens is 138 g/mol. The summed E-state index contributed by atoms with van der Waals surface area (Å²) in [6.45, 7) is 1.81. The lowest BCUT2D eigenvalue weighted by Crippen LogP contribution is -2.04. The van der Waals surface area contributed by atoms with Gasteiger partial charge in [-0.2, -0.15) is 0 Å². The molecule has 1 aliphatic rings. The number of aliphatic hydroxyl groups excluding tert-OH is 1. The van der Waals surface area contributed by atoms with Crippen molar-refractivity contribution in [3.8, 4) is 0 Å². The van der Waals surface area contributed by atoms with E-state index in [0.717, 1.165) is 0 Å². The van der Waals surface area contributed by atoms with E-state index in [-0.39, 0.29) is 18.9 Å². The standard InChI is InChI=1S/C7H12F2O/c1-5(4-10)2-6-3-7(6,8)9/h5-6,10H,2-4H2,1H3/t5-,6?/m1/s1. The van der Waals surface area contributed by atoms with E-state index in [9.17, 15) is 8.78 Å². The van der Waals surface area contributed by atoms with Gasteiger partial charge in [-0.3, -0.25) is 0 Å². The largest absolute Gasteiger partial charge is 0.396 e. The molecule has 1 unspecified atom stereocenters. The molecule has 0 bridgehead atoms. The number of rotatable bonds is 3. The molecule has 10 heavy (non-hydrogen) atoms. The van der Waals surface area contributed by atoms with Crippen LogP contribution in [0.15, 0.2) is 0 Å². The molecule has 0 aromatic carbocycles. The Balaban J connectivity index is 2.17. The van der Waals surface area contributed by atoms with Crippen LogP contribution in [0.3, 0.4) is 0 Å². The van der Waals surface area contributed by atoms with Gasteiger partial charge < -0.3 is 5.11 Å². The number of aliphatic hydroxyl groups is 1. The summed E-state index contributed by atoms with van der Waals surface area (Å²) in [5.41, 5.74) is 0. The normalized spacial score (nSPS) is 31.8. The van der Waals surface area contributed by atoms with Gasteiger partial charge in [0.15, 0.2) is 0 Å². The lowest BCUT2D eigenvalue weighted by atomic mass is 10.1. The van der Waals surface area contributed by atoms with E-state index in [2.05, 4.69) is 0 Å². The molecule has 1 rings (SSSR count). The van der Waals surface area contributed by atoms with Gasteiger partial charge in [0.1, 0.15) is 0 Å². The van der Waals surface area contributed by atoms with Gasteiger partial charge in [0.05, 0.1) is 0 Å². The van der Waals surface area contributed by atoms with Crippen molar-refractivity contribution in [2.75, 3.05) is 6.61 Å². The number of hydrogen-bond donors (Lipinski definition) is 1. The summed E-state index contributed by atoms with van der Waals surface area (Å²) in [4.78, 5) is 0. The Morgan fingerprint density at radius 3 is 2.50 bits per heavy atom. The molecule has 2 atom stereocenters. The highest BCUT2D eigenvalue weighted by Gasteiger charge is 2.56. The molecule has 0 spiro atoms. The zero-order valence-electron chi connectivity index (χ0n) is 5.98. The van der Waals surface area contributed by atoms with E-state index in [1.165, 1.54) is 0 Å². The maximum absolute atomic E-state index is 12.2. The van der Waals surface area contributed by atoms with Gasteiger partial charge in [0, 0.05) is 18.9 Å². The highest BCUT2D eigenvalue weighted by Crippen LogP contribution is 2.51. The third-order valence-corrected chi connectivity index (χ3v) is 1.95. The van der Waals surface area contributed by atoms with E-state index in [1.807, 2.05) is 0 Å². The quantitative estimate of drug-likeness (QED) is 0.648. The third-order valence-electron chi connectivity index (χ3n) is 1.95. The van der Waals surface area contributed by atoms with Crippen molar-refractivity contribution in [1.82, 2.24) is 0 Å². The zero-order valence-corrected chi connectivity index (χ0v) is 5.98. The molecule has 0 aromatic heterocycles. The highest BCUT2D eigenvalue weighted by molar-refractivity contribution is 4.95. The van der Waals surface area contributed by atoms with Crippen LogP contribution in [0.2, 0.25) is 0 Å². The first-order valence-electron chi connectivity index (χ1n) is 3.55. The lowest BCUT2D eigenvalue weighted by molar-refractivity contribution is 0.0899. The fraction of sp³-hybridized carbons (Fsp3) is 1.00. The second-order valence-electron chi connectivity index (χ2n) is 3.19. The van der Waals surface area contributed by atoms with Crippen molar-refractivity contribution in [2.24, 2.45) is 11.8 Å². The predicted octanol–water partition coefficient (Wildman–Crippen LogP) is 1.66. The van der Waals surface area contributed by atoms with Gasteiger partial charge in [-0.1, -0.05) is 6.92 Å². The minimum absolute atomic E-state index is 0.0204. The number of halogens is 2. The van der Waals surface area contributed by atoms with Crippen LogP contribution < -0.4 is 0 Å². The highest BCUT2D eigenvalue weighted by atomic mass is 19.3. The van der Waals surface area contributed by atoms with Crippen molar-refractivity contribution < 1.29 is 13.9 Å². The second-order valence-corrected chi connectivity index (χ2v) is 3.19. The summed E-state index contributed by atoms with van der Waals surface area (Å²) in [6, 6.07) is 0. The molecule has 1 nitrogen and oxygen atoms in total. The fourth-order valence-corrected chi connectivity index (χ4v) is 1.09. The molecule has 0 radical (unpaired) electrons. The van der Waals surface area contributed by atoms with Crippen LogP contribution in [0.4, 0.5) is 8.78 Å². The van der Waals surface area contributed by atoms with Crippen LogP contribution in [0.1, 0.15) is 19.8 Å². The van der Waals surface area contributed by atoms with E-state index in [4.69, 9.17) is 5.11 Å². The van der Waals surface area contributed by atoms with Crippen molar-refractivity contribution >= 4 is 0 Å². The van der Waals surface area contributed by atoms with Crippen LogP contribution >= 0.6 is 0 Å². The van der Waals surface area contributed by atoms with Crippen LogP contribution in [-0.4, -0.2) is 17.6 Å². The third kappa shape index (κ3) is 1.66. The Bertz CT molecular complexity index is 125. The van der Waals surface area contributed by atoms with Crippen molar-refractivity contribution in [3.05, 3.63) is 0 Å². The van der Waals surface area contributed by atoms with Gasteiger partial charge in [0.2, 0.25) is 0 Å². The Morgan fingerprint density at radius 2 is 2.20 bits per heavy atom. The molecule has 0 aromatic rings. The summed E-state index contributed by atoms with van der Waals surface area (Å²) in [7, 11) is 0. The Labute approximate surface area is 59.0 Å². The molecular formula is C7H12F2O. The first kappa shape index (κ1) is 7.92. The number of alkyl halides is 2. The average molecular weight is 150 g/mol. The van der Waals surface area contributed by atoms with Gasteiger partial charge in [-0.15, -0.1) is 0 Å². The van der Waals surface area contributed by atoms with Crippen LogP contribution in [-0.2, 0) is 0 Å². The van der Waals surface area contributed by atoms with E-state index in [1.54, 1.807) is 6.92 Å². The Hall–Kier alpha value is -0.180. The van der Waals surface area contributed by atoms with Crippen molar-refractivity contribution in [2.45, 2.75) is 25.7 Å². The Morgan fingerprint density at radius 1 is 1.70 bits per heavy atom. The molecule has 3 heteroatoms. The maximum Gasteiger partial charge on any atom is 0.251 e. The molecule has 0 saturated heterocycles. The second kappa shape index (κ2) is 2.46. The zero-order chi connectivity index (χ0) is 7.78. The number of hydrogen-bond acceptors (Lipinski definition) is 1. The molecule has 1 saturated carbocycles. The van der Waals surface area contributed by atoms with E-state index < -0.39 is 11.8 Å². The predicted molar refractivity (Wildman–Crippen MR) is 33.9 cm³/mol. The van der Waals surface area contributed by atoms with Gasteiger partial charge in [0.25, 0.3) is 5.92 Å². The molecule has 0 aliphatic heterocycles. The molecule has 1 N–H and O–H groups in total. The van der Waals surface area contributed by atoms with E-state index in [0.29, 0.717) is 6.42 Å². The van der Waals surface area contributed by atoms with Crippen LogP contribution in [0, 0.1) is 11.8 Å². The van der Waals surface area contributed by atoms with Crippen LogP contribution in [0.5, 0.6) is 0 Å². The summed E-state index contributed by atoms with van der Waals surface area (Å²) in [6.07, 6.45) is 0.487. The molecule has 1 aliphatic carbocycles. The van der Waals surface area contributed by atoms with Gasteiger partial charge in [-0.05, 0) is 12.3 Å². The maximum atomic E-state index is 12.2. The topological polar surface area (TPSA) is 20.2 Å². The smallest absolute Gasteiger partial charge is 0.251 e. The molecule has 60 valence electrons. The molecule has 0 heterocycles. The van der Waals surface area contributed by atoms with Gasteiger partial charge >= 0.3 is 0 Å². The molecule has 1 fully saturated rings. The summed E-state index contributed by atoms with van der Waals surface area (Å²) in [5.74, 6) is -2.84. The summed E-state index contributed by atoms with van der Waals surface area (Å²) >= 11 is 0. The average Bonchev–Trinajstić information content (AvgIpc) is 2.40. The minimum Gasteiger partial charge on any atom is -0.396 e. The van der Waals surface area contributed by atoms with Crippen molar-refractivity contribution in [1.29, 1.82) is 0 Å². The SMILES string of the molecule is C[C@@H](CO)CC1CC1(F)F. The lowest BCUT2D eigenvalue weighted by Gasteiger charge is -2.04. The first-order valence-corrected chi connectivity index (χ1v) is 3.55.